The van der Waals surface area contributed by atoms with Crippen LogP contribution in [0.2, 0.25) is 0 Å². The molecular weight excluding hydrogens is 500 g/mol. The van der Waals surface area contributed by atoms with Gasteiger partial charge in [0.1, 0.15) is 5.75 Å². The van der Waals surface area contributed by atoms with Crippen molar-refractivity contribution in [1.82, 2.24) is 31.2 Å². The first-order valence-electron chi connectivity index (χ1n) is 13.8. The summed E-state index contributed by atoms with van der Waals surface area (Å²) in [5.41, 5.74) is 0.185. The molecule has 1 spiro atoms. The third kappa shape index (κ3) is 3.98. The van der Waals surface area contributed by atoms with E-state index in [1.165, 1.54) is 0 Å². The van der Waals surface area contributed by atoms with Gasteiger partial charge in [0.25, 0.3) is 5.91 Å². The van der Waals surface area contributed by atoms with Crippen LogP contribution in [-0.2, 0) is 10.2 Å². The largest absolute Gasteiger partial charge is 0.492 e. The van der Waals surface area contributed by atoms with Crippen LogP contribution in [-0.4, -0.2) is 82.4 Å². The van der Waals surface area contributed by atoms with E-state index in [0.29, 0.717) is 30.3 Å². The number of hydroxylamine groups is 2. The first-order valence-corrected chi connectivity index (χ1v) is 13.8. The van der Waals surface area contributed by atoms with Crippen LogP contribution >= 0.6 is 0 Å². The maximum Gasteiger partial charge on any atom is 0.255 e. The van der Waals surface area contributed by atoms with Gasteiger partial charge >= 0.3 is 0 Å². The Hall–Kier alpha value is -3.54. The van der Waals surface area contributed by atoms with Gasteiger partial charge < -0.3 is 30.9 Å². The molecule has 6 rings (SSSR count). The number of benzene rings is 1. The molecule has 0 radical (unpaired) electrons. The van der Waals surface area contributed by atoms with E-state index in [-0.39, 0.29) is 48.2 Å². The van der Waals surface area contributed by atoms with Gasteiger partial charge in [-0.2, -0.15) is 5.06 Å². The highest BCUT2D eigenvalue weighted by Crippen LogP contribution is 2.46. The number of carbonyl (C=O) groups excluding carboxylic acids is 2. The number of nitrogens with one attached hydrogen (secondary N) is 6. The summed E-state index contributed by atoms with van der Waals surface area (Å²) in [4.78, 5) is 27.7. The van der Waals surface area contributed by atoms with E-state index >= 15 is 0 Å². The number of guanidine groups is 2. The van der Waals surface area contributed by atoms with Gasteiger partial charge in [-0.05, 0) is 36.7 Å². The van der Waals surface area contributed by atoms with Crippen molar-refractivity contribution in [2.45, 2.75) is 75.7 Å². The Morgan fingerprint density at radius 1 is 1.21 bits per heavy atom. The van der Waals surface area contributed by atoms with Crippen LogP contribution < -0.4 is 26.0 Å². The standard InChI is InChI=1S/C27H38N8O4/c1-14-19(31-23(37)16-5-4-6-17-21(16)39-10-9-26(17,2)3)13-34-24(28)32-18(12-30-20(36)11-15-7-8-15)22-27(14,34)35(38)25(29)33-22/h4-6,14-15,18-19,22,38H,7-13H2,1-3H3,(H2,28,32)(H2,29,33)(H,30,36)(H,31,37)/t14-,18?,19?,22?,27?/m1/s1. The quantitative estimate of drug-likeness (QED) is 0.281. The van der Waals surface area contributed by atoms with Crippen LogP contribution in [0.25, 0.3) is 0 Å². The molecule has 7 N–H and O–H groups in total. The summed E-state index contributed by atoms with van der Waals surface area (Å²) >= 11 is 0. The van der Waals surface area contributed by atoms with Crippen molar-refractivity contribution in [3.05, 3.63) is 29.3 Å². The predicted molar refractivity (Wildman–Crippen MR) is 143 cm³/mol. The van der Waals surface area contributed by atoms with Crippen molar-refractivity contribution < 1.29 is 19.5 Å². The maximum atomic E-state index is 13.6. The van der Waals surface area contributed by atoms with E-state index in [9.17, 15) is 14.8 Å². The lowest BCUT2D eigenvalue weighted by Gasteiger charge is -2.51. The van der Waals surface area contributed by atoms with E-state index in [2.05, 4.69) is 35.1 Å². The minimum atomic E-state index is -1.18. The van der Waals surface area contributed by atoms with Gasteiger partial charge in [0.15, 0.2) is 11.6 Å². The number of para-hydroxylation sites is 1. The van der Waals surface area contributed by atoms with Gasteiger partial charge in [-0.15, -0.1) is 0 Å². The van der Waals surface area contributed by atoms with E-state index in [1.54, 1.807) is 11.0 Å². The summed E-state index contributed by atoms with van der Waals surface area (Å²) < 4.78 is 5.97. The molecule has 1 aromatic carbocycles. The van der Waals surface area contributed by atoms with Crippen LogP contribution in [0.4, 0.5) is 0 Å². The zero-order valence-electron chi connectivity index (χ0n) is 22.6. The molecule has 2 amide bonds. The summed E-state index contributed by atoms with van der Waals surface area (Å²) in [6.07, 6.45) is 3.53. The summed E-state index contributed by atoms with van der Waals surface area (Å²) in [5.74, 6) is 0.281. The fraction of sp³-hybridized carbons (Fsp3) is 0.630. The van der Waals surface area contributed by atoms with Crippen LogP contribution in [0, 0.1) is 22.7 Å². The molecular formula is C27H38N8O4. The van der Waals surface area contributed by atoms with Crippen molar-refractivity contribution >= 4 is 23.7 Å². The number of carbonyl (C=O) groups is 2. The first-order chi connectivity index (χ1) is 18.5. The third-order valence-corrected chi connectivity index (χ3v) is 9.35. The monoisotopic (exact) mass is 538 g/mol. The zero-order chi connectivity index (χ0) is 27.7. The maximum absolute atomic E-state index is 13.6. The van der Waals surface area contributed by atoms with Gasteiger partial charge in [-0.25, -0.2) is 0 Å². The van der Waals surface area contributed by atoms with Crippen molar-refractivity contribution in [2.75, 3.05) is 19.7 Å². The predicted octanol–water partition coefficient (Wildman–Crippen LogP) is 0.914. The van der Waals surface area contributed by atoms with Crippen molar-refractivity contribution in [3.8, 4) is 5.75 Å². The Kier molecular flexibility index (Phi) is 5.94. The van der Waals surface area contributed by atoms with E-state index in [0.717, 1.165) is 29.9 Å². The van der Waals surface area contributed by atoms with Gasteiger partial charge in [-0.3, -0.25) is 25.6 Å². The zero-order valence-corrected chi connectivity index (χ0v) is 22.6. The smallest absolute Gasteiger partial charge is 0.255 e. The molecule has 3 saturated heterocycles. The number of nitrogens with zero attached hydrogens (tertiary/aromatic N) is 2. The average Bonchev–Trinajstić information content (AvgIpc) is 3.60. The Balaban J connectivity index is 1.25. The van der Waals surface area contributed by atoms with Gasteiger partial charge in [0, 0.05) is 31.0 Å². The molecule has 12 heteroatoms. The number of ether oxygens (including phenoxy) is 1. The molecule has 0 aromatic heterocycles. The minimum Gasteiger partial charge on any atom is -0.492 e. The number of hydrogen-bond acceptors (Lipinski definition) is 6. The lowest BCUT2D eigenvalue weighted by molar-refractivity contribution is -0.166. The summed E-state index contributed by atoms with van der Waals surface area (Å²) in [7, 11) is 0. The van der Waals surface area contributed by atoms with E-state index in [1.807, 2.05) is 19.1 Å². The fourth-order valence-electron chi connectivity index (χ4n) is 6.84. The summed E-state index contributed by atoms with van der Waals surface area (Å²) in [5, 5.41) is 41.6. The molecule has 1 saturated carbocycles. The van der Waals surface area contributed by atoms with Crippen LogP contribution in [0.5, 0.6) is 5.75 Å². The SMILES string of the molecule is C[C@@H]1C(NC(=O)c2cccc3c2OCCC3(C)C)CN2C(=N)NC(CNC(=O)CC3CC3)C3NC(=N)N(O)C312. The summed E-state index contributed by atoms with van der Waals surface area (Å²) in [6.45, 7) is 7.26. The topological polar surface area (TPSA) is 166 Å². The number of fused-ring (bicyclic) bond motifs is 1. The van der Waals surface area contributed by atoms with Crippen molar-refractivity contribution in [2.24, 2.45) is 11.8 Å². The molecule has 39 heavy (non-hydrogen) atoms. The second kappa shape index (κ2) is 9.00. The Morgan fingerprint density at radius 2 is 1.97 bits per heavy atom. The Labute approximate surface area is 227 Å². The fourth-order valence-corrected chi connectivity index (χ4v) is 6.84. The highest BCUT2D eigenvalue weighted by Gasteiger charge is 2.69. The number of amides is 2. The molecule has 1 aromatic rings. The van der Waals surface area contributed by atoms with Crippen molar-refractivity contribution in [1.29, 1.82) is 10.8 Å². The van der Waals surface area contributed by atoms with Gasteiger partial charge in [0.05, 0.1) is 30.3 Å². The van der Waals surface area contributed by atoms with Crippen molar-refractivity contribution in [3.63, 3.8) is 0 Å². The molecule has 4 aliphatic heterocycles. The van der Waals surface area contributed by atoms with Gasteiger partial charge in [-0.1, -0.05) is 32.9 Å². The number of hydrogen-bond donors (Lipinski definition) is 7. The second-order valence-corrected chi connectivity index (χ2v) is 12.3. The van der Waals surface area contributed by atoms with Crippen LogP contribution in [0.1, 0.15) is 62.4 Å². The van der Waals surface area contributed by atoms with E-state index < -0.39 is 23.8 Å². The Bertz CT molecular complexity index is 1230. The Morgan fingerprint density at radius 3 is 2.72 bits per heavy atom. The minimum absolute atomic E-state index is 0.0301. The third-order valence-electron chi connectivity index (χ3n) is 9.35. The molecule has 12 nitrogen and oxygen atoms in total. The van der Waals surface area contributed by atoms with Crippen LogP contribution in [0.15, 0.2) is 18.2 Å². The average molecular weight is 539 g/mol. The molecule has 5 aliphatic rings. The normalized spacial score (nSPS) is 32.3. The molecule has 5 atom stereocenters. The molecule has 0 bridgehead atoms. The molecule has 4 heterocycles. The lowest BCUT2D eigenvalue weighted by Crippen LogP contribution is -2.76. The molecule has 4 fully saturated rings. The van der Waals surface area contributed by atoms with E-state index in [4.69, 9.17) is 15.6 Å². The highest BCUT2D eigenvalue weighted by molar-refractivity contribution is 5.98. The second-order valence-electron chi connectivity index (χ2n) is 12.3. The highest BCUT2D eigenvalue weighted by atomic mass is 16.5. The van der Waals surface area contributed by atoms with Crippen LogP contribution in [0.3, 0.4) is 0 Å². The van der Waals surface area contributed by atoms with Gasteiger partial charge in [0.2, 0.25) is 11.9 Å². The molecule has 1 aliphatic carbocycles. The lowest BCUT2D eigenvalue weighted by atomic mass is 9.79. The molecule has 210 valence electrons. The first kappa shape index (κ1) is 25.7. The summed E-state index contributed by atoms with van der Waals surface area (Å²) in [6, 6.07) is 4.25. The number of rotatable bonds is 6. The molecule has 4 unspecified atom stereocenters.